The van der Waals surface area contributed by atoms with Crippen LogP contribution >= 0.6 is 22.9 Å². The zero-order chi connectivity index (χ0) is 26.1. The third kappa shape index (κ3) is 5.92. The van der Waals surface area contributed by atoms with Gasteiger partial charge in [0.15, 0.2) is 0 Å². The van der Waals surface area contributed by atoms with Crippen molar-refractivity contribution >= 4 is 38.9 Å². The number of sulfonamides is 1. The first-order valence-corrected chi connectivity index (χ1v) is 14.2. The smallest absolute Gasteiger partial charge is 0.325 e. The minimum atomic E-state index is -4.08. The average Bonchev–Trinajstić information content (AvgIpc) is 3.29. The first-order chi connectivity index (χ1) is 16.9. The maximum absolute atomic E-state index is 13.2. The third-order valence-corrected chi connectivity index (χ3v) is 9.33. The first-order valence-electron chi connectivity index (χ1n) is 11.5. The molecule has 0 saturated heterocycles. The topological polar surface area (TPSA) is 105 Å². The molecule has 1 aliphatic rings. The number of aliphatic carboxylic acids is 1. The lowest BCUT2D eigenvalue weighted by atomic mass is 10.1. The number of thiophene rings is 1. The molecule has 0 radical (unpaired) electrons. The number of nitrogens with one attached hydrogen (secondary N) is 2. The van der Waals surface area contributed by atoms with Gasteiger partial charge in [0, 0.05) is 27.9 Å². The second-order valence-corrected chi connectivity index (χ2v) is 13.3. The Hall–Kier alpha value is -2.43. The molecular formula is C26H29ClN2O5S2. The molecular weight excluding hydrogens is 520 g/mol. The molecule has 36 heavy (non-hydrogen) atoms. The molecule has 0 bridgehead atoms. The van der Waals surface area contributed by atoms with Gasteiger partial charge in [0.2, 0.25) is 0 Å². The number of carbonyl (C=O) groups is 1. The number of carboxylic acid groups (broad SMARTS) is 1. The zero-order valence-electron chi connectivity index (χ0n) is 20.2. The van der Waals surface area contributed by atoms with E-state index in [-0.39, 0.29) is 16.2 Å². The van der Waals surface area contributed by atoms with Gasteiger partial charge in [-0.15, -0.1) is 11.3 Å². The summed E-state index contributed by atoms with van der Waals surface area (Å²) in [7, 11) is -4.08. The normalized spacial score (nSPS) is 19.7. The van der Waals surface area contributed by atoms with Crippen molar-refractivity contribution in [2.24, 2.45) is 0 Å². The summed E-state index contributed by atoms with van der Waals surface area (Å²) in [6.45, 7) is 7.20. The summed E-state index contributed by atoms with van der Waals surface area (Å²) in [6, 6.07) is 17.5. The van der Waals surface area contributed by atoms with Crippen molar-refractivity contribution in [3.05, 3.63) is 71.2 Å². The van der Waals surface area contributed by atoms with Gasteiger partial charge in [-0.05, 0) is 68.7 Å². The Labute approximate surface area is 220 Å². The number of carboxylic acids is 1. The summed E-state index contributed by atoms with van der Waals surface area (Å²) in [6.07, 6.45) is 0.137. The van der Waals surface area contributed by atoms with Crippen LogP contribution in [0.2, 0.25) is 5.02 Å². The molecule has 3 aromatic rings. The standard InChI is InChI=1S/C26H29ClN2O5S2/c1-25(2,3)28-14-15-34-21-7-5-4-6-19(21)20-16-26(20,24(30)31)29-36(32,33)23-13-12-22(35-23)17-8-10-18(27)11-9-17/h4-13,20,28-29H,14-16H2,1-3H3,(H,30,31)/t20-,26+/m0/s1. The van der Waals surface area contributed by atoms with Gasteiger partial charge in [0.05, 0.1) is 0 Å². The van der Waals surface area contributed by atoms with Crippen molar-refractivity contribution in [1.29, 1.82) is 0 Å². The van der Waals surface area contributed by atoms with Crippen molar-refractivity contribution in [2.45, 2.75) is 48.4 Å². The second kappa shape index (κ2) is 10.1. The lowest BCUT2D eigenvalue weighted by molar-refractivity contribution is -0.140. The van der Waals surface area contributed by atoms with Crippen LogP contribution in [-0.2, 0) is 14.8 Å². The summed E-state index contributed by atoms with van der Waals surface area (Å²) in [5, 5.41) is 14.0. The molecule has 1 aromatic heterocycles. The highest BCUT2D eigenvalue weighted by atomic mass is 35.5. The first kappa shape index (κ1) is 26.6. The van der Waals surface area contributed by atoms with Gasteiger partial charge in [-0.25, -0.2) is 8.42 Å². The molecule has 7 nitrogen and oxygen atoms in total. The van der Waals surface area contributed by atoms with Crippen LogP contribution < -0.4 is 14.8 Å². The second-order valence-electron chi connectivity index (χ2n) is 9.83. The summed E-state index contributed by atoms with van der Waals surface area (Å²) in [5.74, 6) is -1.20. The van der Waals surface area contributed by atoms with E-state index in [1.54, 1.807) is 36.4 Å². The Balaban J connectivity index is 1.52. The third-order valence-electron chi connectivity index (χ3n) is 5.94. The fourth-order valence-corrected chi connectivity index (χ4v) is 6.88. The maximum atomic E-state index is 13.2. The summed E-state index contributed by atoms with van der Waals surface area (Å²) in [5.41, 5.74) is -0.181. The molecule has 3 N–H and O–H groups in total. The molecule has 0 aliphatic heterocycles. The predicted molar refractivity (Wildman–Crippen MR) is 143 cm³/mol. The van der Waals surface area contributed by atoms with E-state index in [4.69, 9.17) is 16.3 Å². The molecule has 10 heteroatoms. The SMILES string of the molecule is CC(C)(C)NCCOc1ccccc1[C@@H]1C[C@]1(NS(=O)(=O)c1ccc(-c2ccc(Cl)cc2)s1)C(=O)O. The van der Waals surface area contributed by atoms with Crippen LogP contribution in [0.25, 0.3) is 10.4 Å². The molecule has 192 valence electrons. The van der Waals surface area contributed by atoms with Crippen LogP contribution in [0.4, 0.5) is 0 Å². The fourth-order valence-electron chi connectivity index (χ4n) is 4.04. The Morgan fingerprint density at radius 3 is 2.50 bits per heavy atom. The minimum Gasteiger partial charge on any atom is -0.492 e. The molecule has 1 heterocycles. The van der Waals surface area contributed by atoms with E-state index in [9.17, 15) is 18.3 Å². The lowest BCUT2D eigenvalue weighted by Gasteiger charge is -2.21. The van der Waals surface area contributed by atoms with Crippen LogP contribution in [0.15, 0.2) is 64.9 Å². The highest BCUT2D eigenvalue weighted by Crippen LogP contribution is 2.55. The van der Waals surface area contributed by atoms with Gasteiger partial charge < -0.3 is 15.2 Å². The van der Waals surface area contributed by atoms with Crippen molar-refractivity contribution in [3.63, 3.8) is 0 Å². The fraction of sp³-hybridized carbons (Fsp3) is 0.346. The summed E-state index contributed by atoms with van der Waals surface area (Å²) >= 11 is 7.02. The van der Waals surface area contributed by atoms with E-state index < -0.39 is 27.4 Å². The van der Waals surface area contributed by atoms with Crippen LogP contribution in [0, 0.1) is 0 Å². The van der Waals surface area contributed by atoms with Crippen molar-refractivity contribution in [2.75, 3.05) is 13.2 Å². The molecule has 0 amide bonds. The Kier molecular flexibility index (Phi) is 7.50. The van der Waals surface area contributed by atoms with E-state index in [0.29, 0.717) is 29.5 Å². The largest absolute Gasteiger partial charge is 0.492 e. The number of benzene rings is 2. The molecule has 2 atom stereocenters. The quantitative estimate of drug-likeness (QED) is 0.304. The summed E-state index contributed by atoms with van der Waals surface area (Å²) in [4.78, 5) is 13.1. The number of halogens is 1. The van der Waals surface area contributed by atoms with E-state index in [2.05, 4.69) is 30.8 Å². The molecule has 1 fully saturated rings. The Morgan fingerprint density at radius 1 is 1.14 bits per heavy atom. The zero-order valence-corrected chi connectivity index (χ0v) is 22.6. The average molecular weight is 549 g/mol. The highest BCUT2D eigenvalue weighted by molar-refractivity contribution is 7.91. The monoisotopic (exact) mass is 548 g/mol. The number of hydrogen-bond acceptors (Lipinski definition) is 6. The number of para-hydroxylation sites is 1. The van der Waals surface area contributed by atoms with Gasteiger partial charge in [0.1, 0.15) is 22.1 Å². The van der Waals surface area contributed by atoms with Gasteiger partial charge in [0.25, 0.3) is 10.0 Å². The van der Waals surface area contributed by atoms with E-state index in [1.165, 1.54) is 6.07 Å². The lowest BCUT2D eigenvalue weighted by Crippen LogP contribution is -2.44. The Bertz CT molecular complexity index is 1350. The van der Waals surface area contributed by atoms with Gasteiger partial charge in [-0.2, -0.15) is 4.72 Å². The molecule has 2 aromatic carbocycles. The van der Waals surface area contributed by atoms with Gasteiger partial charge in [-0.3, -0.25) is 4.79 Å². The van der Waals surface area contributed by atoms with Crippen LogP contribution in [-0.4, -0.2) is 43.7 Å². The molecule has 0 unspecified atom stereocenters. The van der Waals surface area contributed by atoms with Gasteiger partial charge >= 0.3 is 5.97 Å². The van der Waals surface area contributed by atoms with Crippen molar-refractivity contribution in [3.8, 4) is 16.2 Å². The van der Waals surface area contributed by atoms with Gasteiger partial charge in [-0.1, -0.05) is 41.9 Å². The maximum Gasteiger partial charge on any atom is 0.325 e. The molecule has 1 aliphatic carbocycles. The predicted octanol–water partition coefficient (Wildman–Crippen LogP) is 5.12. The van der Waals surface area contributed by atoms with E-state index in [1.807, 2.05) is 18.2 Å². The number of rotatable bonds is 10. The van der Waals surface area contributed by atoms with E-state index in [0.717, 1.165) is 21.8 Å². The highest BCUT2D eigenvalue weighted by Gasteiger charge is 2.64. The number of hydrogen-bond donors (Lipinski definition) is 3. The minimum absolute atomic E-state index is 0.0503. The molecule has 1 saturated carbocycles. The number of ether oxygens (including phenoxy) is 1. The van der Waals surface area contributed by atoms with Crippen molar-refractivity contribution in [1.82, 2.24) is 10.0 Å². The summed E-state index contributed by atoms with van der Waals surface area (Å²) < 4.78 is 35.0. The molecule has 4 rings (SSSR count). The van der Waals surface area contributed by atoms with Crippen LogP contribution in [0.5, 0.6) is 5.75 Å². The van der Waals surface area contributed by atoms with E-state index >= 15 is 0 Å². The van der Waals surface area contributed by atoms with Crippen LogP contribution in [0.1, 0.15) is 38.7 Å². The molecule has 0 spiro atoms. The van der Waals surface area contributed by atoms with Crippen molar-refractivity contribution < 1.29 is 23.1 Å². The Morgan fingerprint density at radius 2 is 1.83 bits per heavy atom. The van der Waals surface area contributed by atoms with Crippen LogP contribution in [0.3, 0.4) is 0 Å².